The molecule has 1 amide bonds. The summed E-state index contributed by atoms with van der Waals surface area (Å²) in [6.07, 6.45) is 1.50. The predicted molar refractivity (Wildman–Crippen MR) is 107 cm³/mol. The molecule has 1 aromatic heterocycles. The molecule has 0 spiro atoms. The minimum absolute atomic E-state index is 0.0937. The molecular formula is C21H19F2N5O. The maximum absolute atomic E-state index is 14.0. The fourth-order valence-electron chi connectivity index (χ4n) is 3.23. The van der Waals surface area contributed by atoms with Gasteiger partial charge in [0.25, 0.3) is 5.91 Å². The molecule has 1 fully saturated rings. The Bertz CT molecular complexity index is 1020. The van der Waals surface area contributed by atoms with E-state index >= 15 is 0 Å². The lowest BCUT2D eigenvalue weighted by Gasteiger charge is -2.36. The maximum atomic E-state index is 14.0. The molecule has 3 aromatic rings. The first-order valence-corrected chi connectivity index (χ1v) is 9.25. The minimum Gasteiger partial charge on any atom is -0.366 e. The summed E-state index contributed by atoms with van der Waals surface area (Å²) < 4.78 is 27.7. The molecule has 0 unspecified atom stereocenters. The molecule has 8 heteroatoms. The highest BCUT2D eigenvalue weighted by molar-refractivity contribution is 6.03. The van der Waals surface area contributed by atoms with Gasteiger partial charge in [-0.25, -0.2) is 18.7 Å². The Morgan fingerprint density at radius 1 is 0.862 bits per heavy atom. The Morgan fingerprint density at radius 3 is 2.24 bits per heavy atom. The number of carbonyl (C=O) groups is 1. The summed E-state index contributed by atoms with van der Waals surface area (Å²) >= 11 is 0. The van der Waals surface area contributed by atoms with E-state index < -0.39 is 11.7 Å². The number of rotatable bonds is 4. The summed E-state index contributed by atoms with van der Waals surface area (Å²) in [6, 6.07) is 14.1. The van der Waals surface area contributed by atoms with Crippen LogP contribution in [0.25, 0.3) is 0 Å². The van der Waals surface area contributed by atoms with Crippen molar-refractivity contribution >= 4 is 23.2 Å². The molecule has 1 N–H and O–H groups in total. The molecule has 2 heterocycles. The molecule has 2 aromatic carbocycles. The molecule has 0 saturated carbocycles. The van der Waals surface area contributed by atoms with Crippen molar-refractivity contribution in [3.05, 3.63) is 78.1 Å². The second-order valence-corrected chi connectivity index (χ2v) is 6.60. The van der Waals surface area contributed by atoms with Crippen LogP contribution in [0.2, 0.25) is 0 Å². The van der Waals surface area contributed by atoms with Crippen molar-refractivity contribution in [3.8, 4) is 0 Å². The summed E-state index contributed by atoms with van der Waals surface area (Å²) in [5.74, 6) is -0.855. The van der Waals surface area contributed by atoms with Crippen LogP contribution in [0.1, 0.15) is 10.5 Å². The second kappa shape index (κ2) is 8.22. The Hall–Kier alpha value is -3.55. The molecule has 0 aliphatic carbocycles. The molecular weight excluding hydrogens is 376 g/mol. The third-order valence-electron chi connectivity index (χ3n) is 4.75. The van der Waals surface area contributed by atoms with Crippen LogP contribution in [0, 0.1) is 11.6 Å². The van der Waals surface area contributed by atoms with Crippen molar-refractivity contribution in [3.63, 3.8) is 0 Å². The highest BCUT2D eigenvalue weighted by Crippen LogP contribution is 2.21. The number of aromatic nitrogens is 2. The van der Waals surface area contributed by atoms with Crippen molar-refractivity contribution in [2.75, 3.05) is 41.3 Å². The number of carbonyl (C=O) groups excluding carboxylic acids is 1. The first-order chi connectivity index (χ1) is 14.1. The third-order valence-corrected chi connectivity index (χ3v) is 4.75. The molecule has 6 nitrogen and oxygen atoms in total. The largest absolute Gasteiger partial charge is 0.366 e. The summed E-state index contributed by atoms with van der Waals surface area (Å²) in [5, 5.41) is 2.52. The first-order valence-electron chi connectivity index (χ1n) is 9.25. The molecule has 0 radical (unpaired) electrons. The van der Waals surface area contributed by atoms with Crippen LogP contribution in [0.4, 0.5) is 26.1 Å². The highest BCUT2D eigenvalue weighted by Gasteiger charge is 2.22. The van der Waals surface area contributed by atoms with Gasteiger partial charge in [0, 0.05) is 32.4 Å². The van der Waals surface area contributed by atoms with E-state index in [2.05, 4.69) is 15.3 Å². The van der Waals surface area contributed by atoms with Crippen LogP contribution in [0.3, 0.4) is 0 Å². The Balaban J connectivity index is 1.44. The van der Waals surface area contributed by atoms with Gasteiger partial charge < -0.3 is 15.1 Å². The van der Waals surface area contributed by atoms with Gasteiger partial charge in [0.1, 0.15) is 17.3 Å². The highest BCUT2D eigenvalue weighted by atomic mass is 19.1. The van der Waals surface area contributed by atoms with E-state index in [1.54, 1.807) is 24.3 Å². The van der Waals surface area contributed by atoms with Crippen molar-refractivity contribution in [2.24, 2.45) is 0 Å². The SMILES string of the molecule is O=C(Nc1ccccc1F)c1ccnc(N2CCN(c3ccccc3F)CC2)n1. The van der Waals surface area contributed by atoms with Crippen LogP contribution in [-0.4, -0.2) is 42.1 Å². The number of amides is 1. The summed E-state index contributed by atoms with van der Waals surface area (Å²) in [6.45, 7) is 2.39. The van der Waals surface area contributed by atoms with Crippen molar-refractivity contribution in [1.29, 1.82) is 0 Å². The molecule has 1 aliphatic heterocycles. The Morgan fingerprint density at radius 2 is 1.52 bits per heavy atom. The molecule has 4 rings (SSSR count). The number of hydrogen-bond donors (Lipinski definition) is 1. The monoisotopic (exact) mass is 395 g/mol. The van der Waals surface area contributed by atoms with Gasteiger partial charge in [-0.05, 0) is 30.3 Å². The standard InChI is InChI=1S/C21H19F2N5O/c22-15-5-1-3-7-17(15)25-20(29)18-9-10-24-21(26-18)28-13-11-27(12-14-28)19-8-4-2-6-16(19)23/h1-10H,11-14H2,(H,25,29). The number of nitrogens with one attached hydrogen (secondary N) is 1. The average molecular weight is 395 g/mol. The summed E-state index contributed by atoms with van der Waals surface area (Å²) in [7, 11) is 0. The minimum atomic E-state index is -0.514. The van der Waals surface area contributed by atoms with Gasteiger partial charge in [0.15, 0.2) is 0 Å². The first kappa shape index (κ1) is 18.8. The lowest BCUT2D eigenvalue weighted by atomic mass is 10.2. The molecule has 1 aliphatic rings. The Kier molecular flexibility index (Phi) is 5.33. The normalized spacial score (nSPS) is 14.0. The van der Waals surface area contributed by atoms with E-state index in [1.807, 2.05) is 15.9 Å². The summed E-state index contributed by atoms with van der Waals surface area (Å²) in [5.41, 5.74) is 0.817. The van der Waals surface area contributed by atoms with Crippen molar-refractivity contribution < 1.29 is 13.6 Å². The van der Waals surface area contributed by atoms with Crippen molar-refractivity contribution in [1.82, 2.24) is 9.97 Å². The molecule has 148 valence electrons. The molecule has 29 heavy (non-hydrogen) atoms. The van der Waals surface area contributed by atoms with Crippen LogP contribution in [-0.2, 0) is 0 Å². The quantitative estimate of drug-likeness (QED) is 0.734. The van der Waals surface area contributed by atoms with E-state index in [0.717, 1.165) is 0 Å². The van der Waals surface area contributed by atoms with Crippen LogP contribution in [0.5, 0.6) is 0 Å². The average Bonchev–Trinajstić information content (AvgIpc) is 2.76. The van der Waals surface area contributed by atoms with Crippen LogP contribution in [0.15, 0.2) is 60.8 Å². The Labute approximate surface area is 166 Å². The number of para-hydroxylation sites is 2. The fourth-order valence-corrected chi connectivity index (χ4v) is 3.23. The zero-order chi connectivity index (χ0) is 20.2. The van der Waals surface area contributed by atoms with E-state index in [0.29, 0.717) is 37.8 Å². The van der Waals surface area contributed by atoms with Crippen LogP contribution < -0.4 is 15.1 Å². The number of hydrogen-bond acceptors (Lipinski definition) is 5. The smallest absolute Gasteiger partial charge is 0.274 e. The van der Waals surface area contributed by atoms with E-state index in [4.69, 9.17) is 0 Å². The van der Waals surface area contributed by atoms with Gasteiger partial charge >= 0.3 is 0 Å². The van der Waals surface area contributed by atoms with Crippen molar-refractivity contribution in [2.45, 2.75) is 0 Å². The van der Waals surface area contributed by atoms with Gasteiger partial charge in [-0.2, -0.15) is 0 Å². The topological polar surface area (TPSA) is 61.4 Å². The second-order valence-electron chi connectivity index (χ2n) is 6.60. The van der Waals surface area contributed by atoms with Gasteiger partial charge in [0.2, 0.25) is 5.95 Å². The predicted octanol–water partition coefficient (Wildman–Crippen LogP) is 3.33. The van der Waals surface area contributed by atoms with Gasteiger partial charge in [-0.1, -0.05) is 24.3 Å². The number of benzene rings is 2. The number of halogens is 2. The zero-order valence-corrected chi connectivity index (χ0v) is 15.6. The van der Waals surface area contributed by atoms with Gasteiger partial charge in [-0.15, -0.1) is 0 Å². The maximum Gasteiger partial charge on any atom is 0.274 e. The lowest BCUT2D eigenvalue weighted by Crippen LogP contribution is -2.47. The van der Waals surface area contributed by atoms with Gasteiger partial charge in [-0.3, -0.25) is 4.79 Å². The van der Waals surface area contributed by atoms with E-state index in [9.17, 15) is 13.6 Å². The number of nitrogens with zero attached hydrogens (tertiary/aromatic N) is 4. The van der Waals surface area contributed by atoms with E-state index in [1.165, 1.54) is 30.5 Å². The fraction of sp³-hybridized carbons (Fsp3) is 0.190. The number of anilines is 3. The van der Waals surface area contributed by atoms with E-state index in [-0.39, 0.29) is 17.2 Å². The summed E-state index contributed by atoms with van der Waals surface area (Å²) in [4.78, 5) is 24.9. The molecule has 1 saturated heterocycles. The molecule has 0 bridgehead atoms. The molecule has 0 atom stereocenters. The number of piperazine rings is 1. The van der Waals surface area contributed by atoms with Crippen LogP contribution >= 0.6 is 0 Å². The van der Waals surface area contributed by atoms with Gasteiger partial charge in [0.05, 0.1) is 11.4 Å². The lowest BCUT2D eigenvalue weighted by molar-refractivity contribution is 0.102. The zero-order valence-electron chi connectivity index (χ0n) is 15.6. The third kappa shape index (κ3) is 4.16.